The van der Waals surface area contributed by atoms with Gasteiger partial charge in [-0.05, 0) is 25.0 Å². The van der Waals surface area contributed by atoms with E-state index in [1.165, 1.54) is 12.8 Å². The second kappa shape index (κ2) is 5.20. The molecule has 0 N–H and O–H groups in total. The Morgan fingerprint density at radius 3 is 2.79 bits per heavy atom. The maximum Gasteiger partial charge on any atom is 0.132 e. The Labute approximate surface area is 90.9 Å². The average molecular weight is 213 g/mol. The molecular weight excluding hydrogens is 196 g/mol. The van der Waals surface area contributed by atoms with Crippen LogP contribution in [0.25, 0.3) is 0 Å². The summed E-state index contributed by atoms with van der Waals surface area (Å²) in [7, 11) is 2.08. The third kappa shape index (κ3) is 2.88. The molecule has 0 saturated carbocycles. The zero-order valence-electron chi connectivity index (χ0n) is 9.05. The van der Waals surface area contributed by atoms with E-state index in [9.17, 15) is 0 Å². The van der Waals surface area contributed by atoms with Gasteiger partial charge in [-0.1, -0.05) is 24.9 Å². The van der Waals surface area contributed by atoms with Gasteiger partial charge in [0.25, 0.3) is 0 Å². The van der Waals surface area contributed by atoms with Crippen LogP contribution < -0.4 is 4.90 Å². The first-order valence-electron chi connectivity index (χ1n) is 4.98. The lowest BCUT2D eigenvalue weighted by atomic mass is 10.2. The minimum Gasteiger partial charge on any atom is -0.373 e. The molecule has 0 bridgehead atoms. The predicted molar refractivity (Wildman–Crippen MR) is 62.2 cm³/mol. The molecule has 0 unspecified atom stereocenters. The van der Waals surface area contributed by atoms with Gasteiger partial charge in [-0.3, -0.25) is 0 Å². The van der Waals surface area contributed by atoms with Crippen molar-refractivity contribution in [3.05, 3.63) is 23.0 Å². The first kappa shape index (κ1) is 11.3. The molecule has 0 aromatic carbocycles. The van der Waals surface area contributed by atoms with Gasteiger partial charge in [0.15, 0.2) is 0 Å². The Bertz CT molecular complexity index is 299. The molecule has 0 atom stereocenters. The summed E-state index contributed by atoms with van der Waals surface area (Å²) in [6.07, 6.45) is 4.24. The van der Waals surface area contributed by atoms with Gasteiger partial charge in [-0.25, -0.2) is 4.98 Å². The van der Waals surface area contributed by atoms with Crippen LogP contribution in [0.1, 0.15) is 25.3 Å². The molecule has 0 aliphatic rings. The number of aromatic nitrogens is 1. The van der Waals surface area contributed by atoms with Gasteiger partial charge in [0.05, 0.1) is 11.9 Å². The van der Waals surface area contributed by atoms with Gasteiger partial charge < -0.3 is 4.90 Å². The molecule has 0 spiro atoms. The lowest BCUT2D eigenvalue weighted by Gasteiger charge is -2.18. The summed E-state index contributed by atoms with van der Waals surface area (Å²) in [6, 6.07) is 2.07. The fourth-order valence-electron chi connectivity index (χ4n) is 1.28. The predicted octanol–water partition coefficient (Wildman–Crippen LogP) is 3.28. The van der Waals surface area contributed by atoms with Crippen LogP contribution in [0.2, 0.25) is 5.15 Å². The molecule has 1 aromatic rings. The Morgan fingerprint density at radius 2 is 2.21 bits per heavy atom. The van der Waals surface area contributed by atoms with Crippen LogP contribution in [0, 0.1) is 6.92 Å². The van der Waals surface area contributed by atoms with Crippen molar-refractivity contribution in [2.24, 2.45) is 0 Å². The highest BCUT2D eigenvalue weighted by atomic mass is 35.5. The zero-order valence-corrected chi connectivity index (χ0v) is 9.80. The molecule has 78 valence electrons. The molecule has 0 radical (unpaired) electrons. The van der Waals surface area contributed by atoms with Crippen LogP contribution in [0.5, 0.6) is 0 Å². The normalized spacial score (nSPS) is 10.3. The van der Waals surface area contributed by atoms with Gasteiger partial charge in [0.2, 0.25) is 0 Å². The van der Waals surface area contributed by atoms with E-state index in [-0.39, 0.29) is 0 Å². The highest BCUT2D eigenvalue weighted by Gasteiger charge is 2.03. The van der Waals surface area contributed by atoms with Crippen LogP contribution in [-0.4, -0.2) is 18.6 Å². The van der Waals surface area contributed by atoms with E-state index in [0.717, 1.165) is 17.8 Å². The smallest absolute Gasteiger partial charge is 0.132 e. The molecule has 0 aliphatic carbocycles. The molecule has 2 nitrogen and oxygen atoms in total. The third-order valence-electron chi connectivity index (χ3n) is 2.29. The number of pyridine rings is 1. The maximum atomic E-state index is 5.86. The first-order valence-corrected chi connectivity index (χ1v) is 5.36. The van der Waals surface area contributed by atoms with Crippen molar-refractivity contribution < 1.29 is 0 Å². The molecule has 3 heteroatoms. The minimum absolute atomic E-state index is 0.595. The fraction of sp³-hybridized carbons (Fsp3) is 0.545. The van der Waals surface area contributed by atoms with E-state index in [2.05, 4.69) is 29.9 Å². The van der Waals surface area contributed by atoms with Crippen molar-refractivity contribution in [1.82, 2.24) is 4.98 Å². The highest BCUT2D eigenvalue weighted by Crippen LogP contribution is 2.18. The second-order valence-corrected chi connectivity index (χ2v) is 3.93. The Hall–Kier alpha value is -0.760. The Kier molecular flexibility index (Phi) is 4.21. The number of halogens is 1. The molecule has 1 rings (SSSR count). The highest BCUT2D eigenvalue weighted by molar-refractivity contribution is 6.30. The Balaban J connectivity index is 2.70. The van der Waals surface area contributed by atoms with Crippen LogP contribution in [-0.2, 0) is 0 Å². The van der Waals surface area contributed by atoms with Crippen molar-refractivity contribution in [2.45, 2.75) is 26.7 Å². The van der Waals surface area contributed by atoms with Gasteiger partial charge >= 0.3 is 0 Å². The summed E-state index contributed by atoms with van der Waals surface area (Å²) in [5.74, 6) is 0. The quantitative estimate of drug-likeness (QED) is 0.713. The number of unbranched alkanes of at least 4 members (excludes halogenated alkanes) is 1. The summed E-state index contributed by atoms with van der Waals surface area (Å²) >= 11 is 5.86. The molecular formula is C11H17ClN2. The lowest BCUT2D eigenvalue weighted by Crippen LogP contribution is -2.18. The van der Waals surface area contributed by atoms with Crippen molar-refractivity contribution in [2.75, 3.05) is 18.5 Å². The van der Waals surface area contributed by atoms with Crippen LogP contribution in [0.3, 0.4) is 0 Å². The standard InChI is InChI=1S/C11H17ClN2/c1-4-5-6-14(3)10-7-9(2)11(12)13-8-10/h7-8H,4-6H2,1-3H3. The van der Waals surface area contributed by atoms with Gasteiger partial charge in [-0.2, -0.15) is 0 Å². The van der Waals surface area contributed by atoms with E-state index in [1.54, 1.807) is 0 Å². The van der Waals surface area contributed by atoms with Crippen LogP contribution in [0.4, 0.5) is 5.69 Å². The number of rotatable bonds is 4. The van der Waals surface area contributed by atoms with Crippen molar-refractivity contribution in [3.63, 3.8) is 0 Å². The summed E-state index contributed by atoms with van der Waals surface area (Å²) in [5.41, 5.74) is 2.17. The number of nitrogens with zero attached hydrogens (tertiary/aromatic N) is 2. The van der Waals surface area contributed by atoms with E-state index in [1.807, 2.05) is 13.1 Å². The summed E-state index contributed by atoms with van der Waals surface area (Å²) < 4.78 is 0. The minimum atomic E-state index is 0.595. The molecule has 14 heavy (non-hydrogen) atoms. The van der Waals surface area contributed by atoms with Crippen molar-refractivity contribution in [3.8, 4) is 0 Å². The molecule has 0 fully saturated rings. The number of hydrogen-bond donors (Lipinski definition) is 0. The summed E-state index contributed by atoms with van der Waals surface area (Å²) in [5, 5.41) is 0.595. The average Bonchev–Trinajstić information content (AvgIpc) is 2.18. The molecule has 0 saturated heterocycles. The monoisotopic (exact) mass is 212 g/mol. The summed E-state index contributed by atoms with van der Waals surface area (Å²) in [6.45, 7) is 5.24. The third-order valence-corrected chi connectivity index (χ3v) is 2.68. The zero-order chi connectivity index (χ0) is 10.6. The number of aryl methyl sites for hydroxylation is 1. The Morgan fingerprint density at radius 1 is 1.50 bits per heavy atom. The largest absolute Gasteiger partial charge is 0.373 e. The van der Waals surface area contributed by atoms with Gasteiger partial charge in [0.1, 0.15) is 5.15 Å². The fourth-order valence-corrected chi connectivity index (χ4v) is 1.38. The van der Waals surface area contributed by atoms with E-state index in [4.69, 9.17) is 11.6 Å². The molecule has 0 aliphatic heterocycles. The lowest BCUT2D eigenvalue weighted by molar-refractivity contribution is 0.765. The van der Waals surface area contributed by atoms with Gasteiger partial charge in [0, 0.05) is 13.6 Å². The maximum absolute atomic E-state index is 5.86. The molecule has 0 amide bonds. The van der Waals surface area contributed by atoms with Crippen LogP contribution >= 0.6 is 11.6 Å². The van der Waals surface area contributed by atoms with E-state index < -0.39 is 0 Å². The van der Waals surface area contributed by atoms with Gasteiger partial charge in [-0.15, -0.1) is 0 Å². The summed E-state index contributed by atoms with van der Waals surface area (Å²) in [4.78, 5) is 6.34. The number of anilines is 1. The second-order valence-electron chi connectivity index (χ2n) is 3.58. The molecule has 1 aromatic heterocycles. The van der Waals surface area contributed by atoms with Crippen molar-refractivity contribution >= 4 is 17.3 Å². The number of hydrogen-bond acceptors (Lipinski definition) is 2. The van der Waals surface area contributed by atoms with Crippen LogP contribution in [0.15, 0.2) is 12.3 Å². The van der Waals surface area contributed by atoms with Crippen molar-refractivity contribution in [1.29, 1.82) is 0 Å². The SMILES string of the molecule is CCCCN(C)c1cnc(Cl)c(C)c1. The topological polar surface area (TPSA) is 16.1 Å². The van der Waals surface area contributed by atoms with E-state index in [0.29, 0.717) is 5.15 Å². The first-order chi connectivity index (χ1) is 6.65. The molecule has 1 heterocycles. The van der Waals surface area contributed by atoms with E-state index >= 15 is 0 Å².